The molecular formula is C18H19N3O2S. The van der Waals surface area contributed by atoms with Gasteiger partial charge in [0, 0.05) is 17.5 Å². The molecule has 124 valence electrons. The molecule has 5 nitrogen and oxygen atoms in total. The molecule has 3 rings (SSSR count). The highest BCUT2D eigenvalue weighted by atomic mass is 32.1. The van der Waals surface area contributed by atoms with Crippen LogP contribution in [0.3, 0.4) is 0 Å². The van der Waals surface area contributed by atoms with Gasteiger partial charge >= 0.3 is 0 Å². The molecule has 0 radical (unpaired) electrons. The number of aryl methyl sites for hydroxylation is 2. The Balaban J connectivity index is 1.58. The molecule has 3 aromatic rings. The van der Waals surface area contributed by atoms with Crippen LogP contribution in [0.15, 0.2) is 42.6 Å². The number of anilines is 1. The summed E-state index contributed by atoms with van der Waals surface area (Å²) in [5.74, 6) is 0.839. The quantitative estimate of drug-likeness (QED) is 0.711. The van der Waals surface area contributed by atoms with Crippen LogP contribution in [0.2, 0.25) is 0 Å². The van der Waals surface area contributed by atoms with Crippen molar-refractivity contribution in [3.05, 3.63) is 53.0 Å². The number of hydrogen-bond donors (Lipinski definition) is 2. The average Bonchev–Trinajstić information content (AvgIpc) is 3.24. The third-order valence-corrected chi connectivity index (χ3v) is 4.84. The molecular weight excluding hydrogens is 322 g/mol. The number of amides is 1. The van der Waals surface area contributed by atoms with Crippen molar-refractivity contribution in [3.8, 4) is 16.3 Å². The predicted molar refractivity (Wildman–Crippen MR) is 96.6 cm³/mol. The van der Waals surface area contributed by atoms with Gasteiger partial charge in [-0.2, -0.15) is 5.10 Å². The molecule has 1 amide bonds. The second kappa shape index (κ2) is 7.31. The Kier molecular flexibility index (Phi) is 4.96. The van der Waals surface area contributed by atoms with E-state index in [9.17, 15) is 4.79 Å². The second-order valence-electron chi connectivity index (χ2n) is 5.45. The standard InChI is InChI=1S/C18H19N3O2S/c1-12-16(11-17(24-12)15-9-10-19-21-15)20-18(22)8-5-13-3-6-14(23-2)7-4-13/h3-4,6-7,9-11H,5,8H2,1-2H3,(H,19,21)(H,20,22). The van der Waals surface area contributed by atoms with Crippen LogP contribution in [0.25, 0.3) is 10.6 Å². The van der Waals surface area contributed by atoms with Crippen molar-refractivity contribution >= 4 is 22.9 Å². The number of H-pyrrole nitrogens is 1. The molecule has 0 aliphatic heterocycles. The number of nitrogens with zero attached hydrogens (tertiary/aromatic N) is 1. The first-order chi connectivity index (χ1) is 11.7. The van der Waals surface area contributed by atoms with E-state index in [1.54, 1.807) is 24.6 Å². The molecule has 2 heterocycles. The number of carbonyl (C=O) groups excluding carboxylic acids is 1. The van der Waals surface area contributed by atoms with Gasteiger partial charge in [0.25, 0.3) is 0 Å². The van der Waals surface area contributed by atoms with Gasteiger partial charge in [-0.15, -0.1) is 11.3 Å². The van der Waals surface area contributed by atoms with Crippen LogP contribution in [0.5, 0.6) is 5.75 Å². The van der Waals surface area contributed by atoms with Gasteiger partial charge in [0.15, 0.2) is 0 Å². The molecule has 0 fully saturated rings. The summed E-state index contributed by atoms with van der Waals surface area (Å²) in [5.41, 5.74) is 2.94. The van der Waals surface area contributed by atoms with Crippen molar-refractivity contribution in [1.82, 2.24) is 10.2 Å². The van der Waals surface area contributed by atoms with Crippen LogP contribution in [-0.2, 0) is 11.2 Å². The fourth-order valence-electron chi connectivity index (χ4n) is 2.39. The zero-order valence-electron chi connectivity index (χ0n) is 13.6. The fraction of sp³-hybridized carbons (Fsp3) is 0.222. The molecule has 0 unspecified atom stereocenters. The van der Waals surface area contributed by atoms with E-state index in [4.69, 9.17) is 4.74 Å². The Morgan fingerprint density at radius 2 is 2.08 bits per heavy atom. The molecule has 2 N–H and O–H groups in total. The van der Waals surface area contributed by atoms with Crippen LogP contribution in [0, 0.1) is 6.92 Å². The lowest BCUT2D eigenvalue weighted by Crippen LogP contribution is -2.12. The topological polar surface area (TPSA) is 67.0 Å². The summed E-state index contributed by atoms with van der Waals surface area (Å²) in [6, 6.07) is 11.7. The Hall–Kier alpha value is -2.60. The second-order valence-corrected chi connectivity index (χ2v) is 6.70. The van der Waals surface area contributed by atoms with Crippen molar-refractivity contribution in [2.24, 2.45) is 0 Å². The number of hydrogen-bond acceptors (Lipinski definition) is 4. The highest BCUT2D eigenvalue weighted by Crippen LogP contribution is 2.33. The lowest BCUT2D eigenvalue weighted by atomic mass is 10.1. The molecule has 6 heteroatoms. The summed E-state index contributed by atoms with van der Waals surface area (Å²) < 4.78 is 5.13. The molecule has 0 saturated heterocycles. The summed E-state index contributed by atoms with van der Waals surface area (Å²) in [7, 11) is 1.64. The molecule has 0 spiro atoms. The SMILES string of the molecule is COc1ccc(CCC(=O)Nc2cc(-c3ccn[nH]3)sc2C)cc1. The van der Waals surface area contributed by atoms with E-state index in [1.807, 2.05) is 43.3 Å². The first-order valence-electron chi connectivity index (χ1n) is 7.68. The van der Waals surface area contributed by atoms with Gasteiger partial charge in [0.1, 0.15) is 5.75 Å². The van der Waals surface area contributed by atoms with E-state index in [0.29, 0.717) is 12.8 Å². The average molecular weight is 341 g/mol. The van der Waals surface area contributed by atoms with Crippen LogP contribution >= 0.6 is 11.3 Å². The lowest BCUT2D eigenvalue weighted by molar-refractivity contribution is -0.116. The zero-order chi connectivity index (χ0) is 16.9. The van der Waals surface area contributed by atoms with Gasteiger partial charge in [-0.05, 0) is 43.2 Å². The van der Waals surface area contributed by atoms with Gasteiger partial charge in [-0.25, -0.2) is 0 Å². The number of benzene rings is 1. The highest BCUT2D eigenvalue weighted by molar-refractivity contribution is 7.16. The minimum absolute atomic E-state index is 0.0166. The predicted octanol–water partition coefficient (Wildman–Crippen LogP) is 4.03. The van der Waals surface area contributed by atoms with E-state index in [-0.39, 0.29) is 5.91 Å². The van der Waals surface area contributed by atoms with Crippen molar-refractivity contribution in [3.63, 3.8) is 0 Å². The Bertz CT molecular complexity index is 807. The fourth-order valence-corrected chi connectivity index (χ4v) is 3.35. The smallest absolute Gasteiger partial charge is 0.224 e. The number of nitrogens with one attached hydrogen (secondary N) is 2. The monoisotopic (exact) mass is 341 g/mol. The van der Waals surface area contributed by atoms with E-state index in [1.165, 1.54) is 0 Å². The highest BCUT2D eigenvalue weighted by Gasteiger charge is 2.11. The molecule has 2 aromatic heterocycles. The minimum atomic E-state index is 0.0166. The molecule has 24 heavy (non-hydrogen) atoms. The van der Waals surface area contributed by atoms with Crippen LogP contribution in [0.1, 0.15) is 16.9 Å². The normalized spacial score (nSPS) is 10.6. The van der Waals surface area contributed by atoms with Gasteiger partial charge in [0.2, 0.25) is 5.91 Å². The van der Waals surface area contributed by atoms with Gasteiger partial charge in [0.05, 0.1) is 23.4 Å². The summed E-state index contributed by atoms with van der Waals surface area (Å²) >= 11 is 1.63. The van der Waals surface area contributed by atoms with Crippen LogP contribution in [0.4, 0.5) is 5.69 Å². The number of carbonyl (C=O) groups is 1. The maximum absolute atomic E-state index is 12.2. The number of aromatic nitrogens is 2. The van der Waals surface area contributed by atoms with E-state index in [0.717, 1.165) is 32.4 Å². The van der Waals surface area contributed by atoms with E-state index in [2.05, 4.69) is 15.5 Å². The molecule has 0 atom stereocenters. The molecule has 1 aromatic carbocycles. The molecule has 0 aliphatic rings. The van der Waals surface area contributed by atoms with Crippen molar-refractivity contribution in [1.29, 1.82) is 0 Å². The van der Waals surface area contributed by atoms with Crippen molar-refractivity contribution < 1.29 is 9.53 Å². The summed E-state index contributed by atoms with van der Waals surface area (Å²) in [6.45, 7) is 2.00. The Morgan fingerprint density at radius 3 is 2.75 bits per heavy atom. The van der Waals surface area contributed by atoms with Gasteiger partial charge in [-0.3, -0.25) is 9.89 Å². The first-order valence-corrected chi connectivity index (χ1v) is 8.50. The lowest BCUT2D eigenvalue weighted by Gasteiger charge is -2.05. The number of rotatable bonds is 6. The van der Waals surface area contributed by atoms with Crippen LogP contribution < -0.4 is 10.1 Å². The van der Waals surface area contributed by atoms with Crippen LogP contribution in [-0.4, -0.2) is 23.2 Å². The third kappa shape index (κ3) is 3.83. The molecule has 0 saturated carbocycles. The maximum atomic E-state index is 12.2. The summed E-state index contributed by atoms with van der Waals surface area (Å²) in [4.78, 5) is 14.4. The van der Waals surface area contributed by atoms with Gasteiger partial charge < -0.3 is 10.1 Å². The van der Waals surface area contributed by atoms with E-state index >= 15 is 0 Å². The minimum Gasteiger partial charge on any atom is -0.497 e. The summed E-state index contributed by atoms with van der Waals surface area (Å²) in [5, 5.41) is 9.90. The molecule has 0 bridgehead atoms. The van der Waals surface area contributed by atoms with Crippen molar-refractivity contribution in [2.45, 2.75) is 19.8 Å². The zero-order valence-corrected chi connectivity index (χ0v) is 14.4. The first kappa shape index (κ1) is 16.3. The third-order valence-electron chi connectivity index (χ3n) is 3.76. The Morgan fingerprint density at radius 1 is 1.29 bits per heavy atom. The maximum Gasteiger partial charge on any atom is 0.224 e. The Labute approximate surface area is 144 Å². The summed E-state index contributed by atoms with van der Waals surface area (Å²) in [6.07, 6.45) is 2.87. The number of aromatic amines is 1. The van der Waals surface area contributed by atoms with Gasteiger partial charge in [-0.1, -0.05) is 12.1 Å². The molecule has 0 aliphatic carbocycles. The number of thiophene rings is 1. The number of ether oxygens (including phenoxy) is 1. The van der Waals surface area contributed by atoms with Crippen molar-refractivity contribution in [2.75, 3.05) is 12.4 Å². The largest absolute Gasteiger partial charge is 0.497 e. The van der Waals surface area contributed by atoms with E-state index < -0.39 is 0 Å². The number of methoxy groups -OCH3 is 1.